The molecular weight excluding hydrogens is 588 g/mol. The summed E-state index contributed by atoms with van der Waals surface area (Å²) in [6.07, 6.45) is 39.1. The molecule has 0 aliphatic carbocycles. The molecule has 272 valence electrons. The molecule has 6 nitrogen and oxygen atoms in total. The average molecular weight is 661 g/mol. The number of hydrogen-bond donors (Lipinski definition) is 2. The Balaban J connectivity index is 3.61. The van der Waals surface area contributed by atoms with Gasteiger partial charge in [-0.25, -0.2) is 0 Å². The van der Waals surface area contributed by atoms with Crippen molar-refractivity contribution in [2.75, 3.05) is 13.2 Å². The molecule has 0 unspecified atom stereocenters. The van der Waals surface area contributed by atoms with Crippen molar-refractivity contribution >= 4 is 11.9 Å². The van der Waals surface area contributed by atoms with Crippen molar-refractivity contribution in [3.8, 4) is 0 Å². The van der Waals surface area contributed by atoms with E-state index in [1.807, 2.05) is 30.4 Å². The van der Waals surface area contributed by atoms with E-state index in [2.05, 4.69) is 32.9 Å². The zero-order valence-electron chi connectivity index (χ0n) is 30.6. The minimum absolute atomic E-state index is 0.148. The molecule has 0 bridgehead atoms. The Morgan fingerprint density at radius 3 is 1.72 bits per heavy atom. The van der Waals surface area contributed by atoms with E-state index in [1.165, 1.54) is 83.5 Å². The molecule has 0 aliphatic heterocycles. The molecule has 2 N–H and O–H groups in total. The first-order valence-electron chi connectivity index (χ1n) is 19.2. The van der Waals surface area contributed by atoms with Crippen LogP contribution < -0.4 is 0 Å². The summed E-state index contributed by atoms with van der Waals surface area (Å²) in [6.45, 7) is 6.48. The quantitative estimate of drug-likeness (QED) is 0.0315. The number of aliphatic hydroxyl groups is 2. The van der Waals surface area contributed by atoms with Crippen LogP contribution in [-0.4, -0.2) is 47.6 Å². The van der Waals surface area contributed by atoms with Crippen LogP contribution in [0.1, 0.15) is 168 Å². The second kappa shape index (κ2) is 35.1. The molecule has 0 heterocycles. The highest BCUT2D eigenvalue weighted by molar-refractivity contribution is 5.69. The summed E-state index contributed by atoms with van der Waals surface area (Å²) in [7, 11) is 0. The number of ether oxygens (including phenoxy) is 2. The first-order valence-corrected chi connectivity index (χ1v) is 19.2. The Morgan fingerprint density at radius 2 is 1.13 bits per heavy atom. The minimum atomic E-state index is -1.00. The van der Waals surface area contributed by atoms with E-state index in [1.54, 1.807) is 6.08 Å². The van der Waals surface area contributed by atoms with Crippen molar-refractivity contribution in [3.05, 3.63) is 48.6 Å². The van der Waals surface area contributed by atoms with Gasteiger partial charge < -0.3 is 19.7 Å². The van der Waals surface area contributed by atoms with Crippen LogP contribution in [0.4, 0.5) is 0 Å². The molecule has 0 saturated heterocycles. The molecule has 0 fully saturated rings. The maximum absolute atomic E-state index is 11.9. The second-order valence-corrected chi connectivity index (χ2v) is 13.4. The highest BCUT2D eigenvalue weighted by atomic mass is 16.6. The zero-order valence-corrected chi connectivity index (χ0v) is 30.6. The number of unbranched alkanes of at least 4 members (excludes halogenated alkanes) is 15. The molecule has 0 aromatic carbocycles. The van der Waals surface area contributed by atoms with E-state index in [0.717, 1.165) is 44.4 Å². The van der Waals surface area contributed by atoms with E-state index in [9.17, 15) is 19.8 Å². The van der Waals surface area contributed by atoms with Crippen LogP contribution in [-0.2, 0) is 19.1 Å². The standard InChI is InChI=1S/C41H72O6/c1-4-5-6-7-21-26-31-38(42)32-27-22-17-14-15-19-24-29-34-41(45)47-36-39(43)35-46-40(44)33-28-23-18-13-11-9-8-10-12-16-20-25-30-37(2)3/h15,17,19,21-22,26-27,32,37-39,42-43H,4-14,16,18,20,23-25,28-31,33-36H2,1-3H3/b19-15-,22-17-,26-21-,32-27+/t38-,39+/m1/s1. The molecule has 0 aliphatic rings. The smallest absolute Gasteiger partial charge is 0.305 e. The highest BCUT2D eigenvalue weighted by Crippen LogP contribution is 2.14. The van der Waals surface area contributed by atoms with Gasteiger partial charge in [0.1, 0.15) is 19.3 Å². The van der Waals surface area contributed by atoms with Gasteiger partial charge >= 0.3 is 11.9 Å². The summed E-state index contributed by atoms with van der Waals surface area (Å²) >= 11 is 0. The average Bonchev–Trinajstić information content (AvgIpc) is 3.05. The molecule has 0 aromatic rings. The normalized spacial score (nSPS) is 13.5. The molecule has 0 rings (SSSR count). The molecule has 6 heteroatoms. The van der Waals surface area contributed by atoms with Crippen LogP contribution in [0.5, 0.6) is 0 Å². The highest BCUT2D eigenvalue weighted by Gasteiger charge is 2.12. The third-order valence-electron chi connectivity index (χ3n) is 8.08. The lowest BCUT2D eigenvalue weighted by Crippen LogP contribution is -2.25. The summed E-state index contributed by atoms with van der Waals surface area (Å²) in [5.41, 5.74) is 0. The van der Waals surface area contributed by atoms with Gasteiger partial charge in [-0.3, -0.25) is 9.59 Å². The molecule has 47 heavy (non-hydrogen) atoms. The number of rotatable bonds is 33. The lowest BCUT2D eigenvalue weighted by atomic mass is 10.0. The summed E-state index contributed by atoms with van der Waals surface area (Å²) < 4.78 is 10.3. The van der Waals surface area contributed by atoms with Crippen LogP contribution in [0.15, 0.2) is 48.6 Å². The molecular formula is C41H72O6. The van der Waals surface area contributed by atoms with Gasteiger partial charge in [-0.1, -0.05) is 159 Å². The predicted molar refractivity (Wildman–Crippen MR) is 197 cm³/mol. The number of allylic oxidation sites excluding steroid dienone is 6. The van der Waals surface area contributed by atoms with Crippen LogP contribution >= 0.6 is 0 Å². The van der Waals surface area contributed by atoms with Crippen LogP contribution in [0.25, 0.3) is 0 Å². The lowest BCUT2D eigenvalue weighted by molar-refractivity contribution is -0.152. The molecule has 0 aromatic heterocycles. The van der Waals surface area contributed by atoms with Gasteiger partial charge in [-0.05, 0) is 50.9 Å². The molecule has 0 spiro atoms. The van der Waals surface area contributed by atoms with Gasteiger partial charge in [0.25, 0.3) is 0 Å². The lowest BCUT2D eigenvalue weighted by Gasteiger charge is -2.12. The zero-order chi connectivity index (χ0) is 34.6. The van der Waals surface area contributed by atoms with Crippen LogP contribution in [0, 0.1) is 5.92 Å². The van der Waals surface area contributed by atoms with Gasteiger partial charge in [0.15, 0.2) is 0 Å². The number of carbonyl (C=O) groups excluding carboxylic acids is 2. The molecule has 0 radical (unpaired) electrons. The second-order valence-electron chi connectivity index (χ2n) is 13.4. The molecule has 0 saturated carbocycles. The fourth-order valence-corrected chi connectivity index (χ4v) is 5.11. The summed E-state index contributed by atoms with van der Waals surface area (Å²) in [5, 5.41) is 19.9. The Morgan fingerprint density at radius 1 is 0.596 bits per heavy atom. The fraction of sp³-hybridized carbons (Fsp3) is 0.756. The Hall–Kier alpha value is -2.18. The fourth-order valence-electron chi connectivity index (χ4n) is 5.11. The van der Waals surface area contributed by atoms with E-state index in [-0.39, 0.29) is 31.6 Å². The summed E-state index contributed by atoms with van der Waals surface area (Å²) in [5.74, 6) is 0.168. The van der Waals surface area contributed by atoms with Gasteiger partial charge in [-0.15, -0.1) is 0 Å². The Labute approximate surface area is 289 Å². The first kappa shape index (κ1) is 44.8. The topological polar surface area (TPSA) is 93.1 Å². The number of aliphatic hydroxyl groups excluding tert-OH is 2. The minimum Gasteiger partial charge on any atom is -0.463 e. The summed E-state index contributed by atoms with van der Waals surface area (Å²) in [4.78, 5) is 23.9. The molecule has 2 atom stereocenters. The van der Waals surface area contributed by atoms with Crippen molar-refractivity contribution in [2.24, 2.45) is 5.92 Å². The van der Waals surface area contributed by atoms with Crippen molar-refractivity contribution in [1.29, 1.82) is 0 Å². The largest absolute Gasteiger partial charge is 0.463 e. The Bertz CT molecular complexity index is 828. The van der Waals surface area contributed by atoms with E-state index in [4.69, 9.17) is 9.47 Å². The van der Waals surface area contributed by atoms with Crippen molar-refractivity contribution in [1.82, 2.24) is 0 Å². The number of carbonyl (C=O) groups is 2. The van der Waals surface area contributed by atoms with E-state index < -0.39 is 12.2 Å². The first-order chi connectivity index (χ1) is 22.8. The van der Waals surface area contributed by atoms with Gasteiger partial charge in [0.05, 0.1) is 6.10 Å². The van der Waals surface area contributed by atoms with E-state index >= 15 is 0 Å². The third-order valence-corrected chi connectivity index (χ3v) is 8.08. The predicted octanol–water partition coefficient (Wildman–Crippen LogP) is 10.7. The van der Waals surface area contributed by atoms with Gasteiger partial charge in [0.2, 0.25) is 0 Å². The van der Waals surface area contributed by atoms with Crippen molar-refractivity contribution in [3.63, 3.8) is 0 Å². The number of hydrogen-bond acceptors (Lipinski definition) is 6. The monoisotopic (exact) mass is 661 g/mol. The van der Waals surface area contributed by atoms with Crippen LogP contribution in [0.2, 0.25) is 0 Å². The van der Waals surface area contributed by atoms with Crippen LogP contribution in [0.3, 0.4) is 0 Å². The van der Waals surface area contributed by atoms with E-state index in [0.29, 0.717) is 19.3 Å². The maximum atomic E-state index is 11.9. The SMILES string of the molecule is CCCCC/C=C\C[C@@H](O)/C=C/C=C\C/C=C\CCCC(=O)OC[C@@H](O)COC(=O)CCCCCCCCCCCCCCC(C)C. The van der Waals surface area contributed by atoms with Crippen molar-refractivity contribution in [2.45, 2.75) is 181 Å². The third kappa shape index (κ3) is 36.5. The summed E-state index contributed by atoms with van der Waals surface area (Å²) in [6, 6.07) is 0. The molecule has 0 amide bonds. The maximum Gasteiger partial charge on any atom is 0.305 e. The van der Waals surface area contributed by atoms with Gasteiger partial charge in [-0.2, -0.15) is 0 Å². The van der Waals surface area contributed by atoms with Gasteiger partial charge in [0, 0.05) is 12.8 Å². The van der Waals surface area contributed by atoms with Crippen molar-refractivity contribution < 1.29 is 29.3 Å². The Kier molecular flexibility index (Phi) is 33.5. The number of esters is 2.